The second-order valence-corrected chi connectivity index (χ2v) is 6.07. The fourth-order valence-electron chi connectivity index (χ4n) is 3.14. The van der Waals surface area contributed by atoms with E-state index < -0.39 is 5.72 Å². The third-order valence-electron chi connectivity index (χ3n) is 3.80. The van der Waals surface area contributed by atoms with Crippen LogP contribution < -0.4 is 10.1 Å². The van der Waals surface area contributed by atoms with Gasteiger partial charge in [0.2, 0.25) is 0 Å². The summed E-state index contributed by atoms with van der Waals surface area (Å²) < 4.78 is 6.10. The molecule has 1 N–H and O–H groups in total. The van der Waals surface area contributed by atoms with E-state index in [-0.39, 0.29) is 18.1 Å². The van der Waals surface area contributed by atoms with Crippen LogP contribution in [0.1, 0.15) is 38.8 Å². The number of urea groups is 1. The lowest BCUT2D eigenvalue weighted by Crippen LogP contribution is -2.66. The summed E-state index contributed by atoms with van der Waals surface area (Å²) in [5, 5.41) is 3.69. The van der Waals surface area contributed by atoms with E-state index in [2.05, 4.69) is 5.32 Å². The molecular formula is C14H17ClN2O2. The number of carbonyl (C=O) groups excluding carboxylic acids is 1. The molecule has 2 unspecified atom stereocenters. The molecule has 4 nitrogen and oxygen atoms in total. The van der Waals surface area contributed by atoms with Gasteiger partial charge in [0, 0.05) is 23.0 Å². The minimum Gasteiger partial charge on any atom is -0.468 e. The number of hydrogen-bond acceptors (Lipinski definition) is 2. The molecule has 3 rings (SSSR count). The maximum Gasteiger partial charge on any atom is 0.321 e. The molecule has 2 aliphatic rings. The number of halogens is 1. The van der Waals surface area contributed by atoms with Gasteiger partial charge in [-0.15, -0.1) is 0 Å². The molecule has 5 heteroatoms. The van der Waals surface area contributed by atoms with Gasteiger partial charge in [0.05, 0.1) is 6.04 Å². The Morgan fingerprint density at radius 2 is 2.26 bits per heavy atom. The van der Waals surface area contributed by atoms with E-state index in [0.29, 0.717) is 5.02 Å². The van der Waals surface area contributed by atoms with Crippen molar-refractivity contribution >= 4 is 17.6 Å². The molecule has 0 spiro atoms. The SMILES string of the molecule is CC(C)N1C(=O)NC2CC1(C)Oc1ccc(Cl)cc12. The maximum absolute atomic E-state index is 12.3. The number of fused-ring (bicyclic) bond motifs is 4. The van der Waals surface area contributed by atoms with Gasteiger partial charge in [0.25, 0.3) is 0 Å². The highest BCUT2D eigenvalue weighted by Gasteiger charge is 2.49. The van der Waals surface area contributed by atoms with Crippen molar-refractivity contribution in [1.82, 2.24) is 10.2 Å². The normalized spacial score (nSPS) is 28.8. The molecule has 102 valence electrons. The predicted octanol–water partition coefficient (Wildman–Crippen LogP) is 3.31. The summed E-state index contributed by atoms with van der Waals surface area (Å²) in [7, 11) is 0. The van der Waals surface area contributed by atoms with Crippen LogP contribution in [0.3, 0.4) is 0 Å². The van der Waals surface area contributed by atoms with Crippen molar-refractivity contribution in [1.29, 1.82) is 0 Å². The molecule has 1 aromatic rings. The van der Waals surface area contributed by atoms with Gasteiger partial charge in [-0.2, -0.15) is 0 Å². The summed E-state index contributed by atoms with van der Waals surface area (Å²) in [6, 6.07) is 5.52. The lowest BCUT2D eigenvalue weighted by atomic mass is 9.90. The number of ether oxygens (including phenoxy) is 1. The smallest absolute Gasteiger partial charge is 0.321 e. The molecule has 2 heterocycles. The van der Waals surface area contributed by atoms with Crippen molar-refractivity contribution in [2.75, 3.05) is 0 Å². The van der Waals surface area contributed by atoms with Crippen LogP contribution in [0, 0.1) is 0 Å². The van der Waals surface area contributed by atoms with E-state index in [0.717, 1.165) is 17.7 Å². The Hall–Kier alpha value is -1.42. The van der Waals surface area contributed by atoms with Crippen LogP contribution in [0.2, 0.25) is 5.02 Å². The number of nitrogens with zero attached hydrogens (tertiary/aromatic N) is 1. The van der Waals surface area contributed by atoms with Crippen LogP contribution in [0.4, 0.5) is 4.79 Å². The Labute approximate surface area is 117 Å². The first kappa shape index (κ1) is 12.6. The summed E-state index contributed by atoms with van der Waals surface area (Å²) in [6.45, 7) is 5.95. The highest BCUT2D eigenvalue weighted by atomic mass is 35.5. The van der Waals surface area contributed by atoms with Crippen LogP contribution in [-0.4, -0.2) is 22.7 Å². The summed E-state index contributed by atoms with van der Waals surface area (Å²) >= 11 is 6.02. The third kappa shape index (κ3) is 1.86. The number of hydrogen-bond donors (Lipinski definition) is 1. The fraction of sp³-hybridized carbons (Fsp3) is 0.500. The molecule has 19 heavy (non-hydrogen) atoms. The van der Waals surface area contributed by atoms with Crippen molar-refractivity contribution in [3.05, 3.63) is 28.8 Å². The van der Waals surface area contributed by atoms with Gasteiger partial charge in [0.15, 0.2) is 5.72 Å². The van der Waals surface area contributed by atoms with Crippen LogP contribution in [0.25, 0.3) is 0 Å². The van der Waals surface area contributed by atoms with E-state index in [9.17, 15) is 4.79 Å². The van der Waals surface area contributed by atoms with E-state index in [1.54, 1.807) is 4.90 Å². The Morgan fingerprint density at radius 1 is 1.53 bits per heavy atom. The minimum absolute atomic E-state index is 0.0325. The molecule has 0 aromatic heterocycles. The van der Waals surface area contributed by atoms with Gasteiger partial charge in [-0.05, 0) is 39.0 Å². The quantitative estimate of drug-likeness (QED) is 0.857. The highest BCUT2D eigenvalue weighted by molar-refractivity contribution is 6.30. The average Bonchev–Trinajstić information content (AvgIpc) is 2.28. The van der Waals surface area contributed by atoms with E-state index in [4.69, 9.17) is 16.3 Å². The van der Waals surface area contributed by atoms with Gasteiger partial charge in [-0.25, -0.2) is 4.79 Å². The fourth-order valence-corrected chi connectivity index (χ4v) is 3.32. The molecule has 2 amide bonds. The molecule has 0 aliphatic carbocycles. The van der Waals surface area contributed by atoms with Crippen molar-refractivity contribution in [2.45, 2.75) is 45.0 Å². The van der Waals surface area contributed by atoms with Crippen molar-refractivity contribution in [3.8, 4) is 5.75 Å². The van der Waals surface area contributed by atoms with Gasteiger partial charge in [-0.1, -0.05) is 11.6 Å². The van der Waals surface area contributed by atoms with Gasteiger partial charge in [0.1, 0.15) is 5.75 Å². The lowest BCUT2D eigenvalue weighted by Gasteiger charge is -2.52. The minimum atomic E-state index is -0.595. The van der Waals surface area contributed by atoms with E-state index >= 15 is 0 Å². The van der Waals surface area contributed by atoms with Gasteiger partial charge < -0.3 is 10.1 Å². The summed E-state index contributed by atoms with van der Waals surface area (Å²) in [5.74, 6) is 0.800. The van der Waals surface area contributed by atoms with Crippen molar-refractivity contribution in [3.63, 3.8) is 0 Å². The van der Waals surface area contributed by atoms with Crippen LogP contribution in [-0.2, 0) is 0 Å². The molecule has 2 bridgehead atoms. The summed E-state index contributed by atoms with van der Waals surface area (Å²) in [6.07, 6.45) is 0.726. The number of amides is 2. The van der Waals surface area contributed by atoms with E-state index in [1.807, 2.05) is 39.0 Å². The third-order valence-corrected chi connectivity index (χ3v) is 4.04. The molecular weight excluding hydrogens is 264 g/mol. The second-order valence-electron chi connectivity index (χ2n) is 5.63. The Bertz CT molecular complexity index is 546. The second kappa shape index (κ2) is 4.04. The molecule has 1 saturated heterocycles. The largest absolute Gasteiger partial charge is 0.468 e. The van der Waals surface area contributed by atoms with E-state index in [1.165, 1.54) is 0 Å². The predicted molar refractivity (Wildman–Crippen MR) is 73.3 cm³/mol. The average molecular weight is 281 g/mol. The lowest BCUT2D eigenvalue weighted by molar-refractivity contribution is -0.0963. The van der Waals surface area contributed by atoms with Crippen LogP contribution in [0.15, 0.2) is 18.2 Å². The first-order chi connectivity index (χ1) is 8.90. The molecule has 1 fully saturated rings. The molecule has 2 atom stereocenters. The topological polar surface area (TPSA) is 41.6 Å². The number of rotatable bonds is 1. The zero-order valence-electron chi connectivity index (χ0n) is 11.2. The number of nitrogens with one attached hydrogen (secondary N) is 1. The number of benzene rings is 1. The Kier molecular flexibility index (Phi) is 2.68. The van der Waals surface area contributed by atoms with Crippen molar-refractivity contribution < 1.29 is 9.53 Å². The first-order valence-electron chi connectivity index (χ1n) is 6.49. The molecule has 2 aliphatic heterocycles. The van der Waals surface area contributed by atoms with Crippen LogP contribution in [0.5, 0.6) is 5.75 Å². The van der Waals surface area contributed by atoms with Crippen molar-refractivity contribution in [2.24, 2.45) is 0 Å². The zero-order valence-corrected chi connectivity index (χ0v) is 12.0. The summed E-state index contributed by atoms with van der Waals surface area (Å²) in [4.78, 5) is 14.0. The molecule has 0 radical (unpaired) electrons. The van der Waals surface area contributed by atoms with Crippen LogP contribution >= 0.6 is 11.6 Å². The molecule has 0 saturated carbocycles. The monoisotopic (exact) mass is 280 g/mol. The Morgan fingerprint density at radius 3 is 2.95 bits per heavy atom. The molecule has 1 aromatic carbocycles. The van der Waals surface area contributed by atoms with Gasteiger partial charge in [-0.3, -0.25) is 4.90 Å². The standard InChI is InChI=1S/C14H17ClN2O2/c1-8(2)17-13(18)16-11-7-14(17,3)19-12-5-4-9(15)6-10(11)12/h4-6,8,11H,7H2,1-3H3,(H,16,18). The van der Waals surface area contributed by atoms with Gasteiger partial charge >= 0.3 is 6.03 Å². The summed E-state index contributed by atoms with van der Waals surface area (Å²) in [5.41, 5.74) is 0.365. The first-order valence-corrected chi connectivity index (χ1v) is 6.87. The Balaban J connectivity index is 2.08. The maximum atomic E-state index is 12.3. The highest BCUT2D eigenvalue weighted by Crippen LogP contribution is 2.45. The number of carbonyl (C=O) groups is 1. The zero-order chi connectivity index (χ0) is 13.8.